The van der Waals surface area contributed by atoms with Crippen LogP contribution in [0.5, 0.6) is 5.88 Å². The molecule has 1 heterocycles. The number of ether oxygens (including phenoxy) is 1. The minimum absolute atomic E-state index is 0.111. The summed E-state index contributed by atoms with van der Waals surface area (Å²) in [6.45, 7) is 1.94. The summed E-state index contributed by atoms with van der Waals surface area (Å²) in [5.41, 5.74) is 2.67. The van der Waals surface area contributed by atoms with Gasteiger partial charge in [0.25, 0.3) is 0 Å². The molecule has 0 aliphatic heterocycles. The van der Waals surface area contributed by atoms with Crippen molar-refractivity contribution < 1.29 is 9.53 Å². The predicted octanol–water partition coefficient (Wildman–Crippen LogP) is 2.82. The lowest BCUT2D eigenvalue weighted by Crippen LogP contribution is -2.05. The molecule has 3 heteroatoms. The average molecular weight is 241 g/mol. The van der Waals surface area contributed by atoms with E-state index in [0.29, 0.717) is 12.3 Å². The quantitative estimate of drug-likeness (QED) is 0.773. The topological polar surface area (TPSA) is 39.2 Å². The SMILES string of the molecule is COc1ccc(CC(=O)c2ccccc2C)cn1. The summed E-state index contributed by atoms with van der Waals surface area (Å²) in [4.78, 5) is 16.2. The number of Topliss-reactive ketones (excluding diaryl/α,β-unsaturated/α-hetero) is 1. The maximum absolute atomic E-state index is 12.1. The van der Waals surface area contributed by atoms with Gasteiger partial charge in [-0.1, -0.05) is 30.3 Å². The zero-order valence-corrected chi connectivity index (χ0v) is 10.5. The Morgan fingerprint density at radius 3 is 2.61 bits per heavy atom. The number of pyridine rings is 1. The number of carbonyl (C=O) groups excluding carboxylic acids is 1. The van der Waals surface area contributed by atoms with Gasteiger partial charge >= 0.3 is 0 Å². The lowest BCUT2D eigenvalue weighted by Gasteiger charge is -2.05. The first-order valence-electron chi connectivity index (χ1n) is 5.78. The minimum Gasteiger partial charge on any atom is -0.481 e. The zero-order valence-electron chi connectivity index (χ0n) is 10.5. The number of hydrogen-bond donors (Lipinski definition) is 0. The van der Waals surface area contributed by atoms with Crippen molar-refractivity contribution in [3.05, 3.63) is 59.3 Å². The molecule has 18 heavy (non-hydrogen) atoms. The van der Waals surface area contributed by atoms with E-state index < -0.39 is 0 Å². The zero-order chi connectivity index (χ0) is 13.0. The fourth-order valence-corrected chi connectivity index (χ4v) is 1.80. The Balaban J connectivity index is 2.14. The third-order valence-corrected chi connectivity index (χ3v) is 2.82. The molecule has 0 amide bonds. The highest BCUT2D eigenvalue weighted by Gasteiger charge is 2.09. The molecule has 3 nitrogen and oxygen atoms in total. The smallest absolute Gasteiger partial charge is 0.212 e. The summed E-state index contributed by atoms with van der Waals surface area (Å²) in [5.74, 6) is 0.669. The standard InChI is InChI=1S/C15H15NO2/c1-11-5-3-4-6-13(11)14(17)9-12-7-8-15(18-2)16-10-12/h3-8,10H,9H2,1-2H3. The Kier molecular flexibility index (Phi) is 3.72. The highest BCUT2D eigenvalue weighted by atomic mass is 16.5. The van der Waals surface area contributed by atoms with Crippen molar-refractivity contribution in [1.82, 2.24) is 4.98 Å². The molecule has 0 unspecified atom stereocenters. The van der Waals surface area contributed by atoms with Crippen molar-refractivity contribution in [3.8, 4) is 5.88 Å². The lowest BCUT2D eigenvalue weighted by molar-refractivity contribution is 0.0992. The molecule has 0 atom stereocenters. The Morgan fingerprint density at radius 1 is 1.22 bits per heavy atom. The molecule has 0 aliphatic carbocycles. The Bertz CT molecular complexity index is 547. The van der Waals surface area contributed by atoms with Crippen molar-refractivity contribution in [2.75, 3.05) is 7.11 Å². The van der Waals surface area contributed by atoms with Gasteiger partial charge in [0.15, 0.2) is 5.78 Å². The minimum atomic E-state index is 0.111. The predicted molar refractivity (Wildman–Crippen MR) is 70.0 cm³/mol. The van der Waals surface area contributed by atoms with Crippen LogP contribution < -0.4 is 4.74 Å². The van der Waals surface area contributed by atoms with Crippen LogP contribution in [-0.2, 0) is 6.42 Å². The first kappa shape index (κ1) is 12.3. The van der Waals surface area contributed by atoms with Crippen molar-refractivity contribution in [2.45, 2.75) is 13.3 Å². The molecule has 0 radical (unpaired) electrons. The van der Waals surface area contributed by atoms with Crippen LogP contribution >= 0.6 is 0 Å². The van der Waals surface area contributed by atoms with Crippen LogP contribution in [0.15, 0.2) is 42.6 Å². The van der Waals surface area contributed by atoms with Crippen LogP contribution in [0.2, 0.25) is 0 Å². The molecule has 0 spiro atoms. The van der Waals surface area contributed by atoms with E-state index in [1.54, 1.807) is 19.4 Å². The average Bonchev–Trinajstić information content (AvgIpc) is 2.40. The van der Waals surface area contributed by atoms with Crippen LogP contribution in [0.4, 0.5) is 0 Å². The third-order valence-electron chi connectivity index (χ3n) is 2.82. The van der Waals surface area contributed by atoms with E-state index in [9.17, 15) is 4.79 Å². The van der Waals surface area contributed by atoms with Gasteiger partial charge in [0, 0.05) is 24.2 Å². The number of carbonyl (C=O) groups is 1. The fourth-order valence-electron chi connectivity index (χ4n) is 1.80. The van der Waals surface area contributed by atoms with E-state index in [-0.39, 0.29) is 5.78 Å². The van der Waals surface area contributed by atoms with Gasteiger partial charge in [-0.25, -0.2) is 4.98 Å². The van der Waals surface area contributed by atoms with E-state index in [0.717, 1.165) is 16.7 Å². The van der Waals surface area contributed by atoms with Gasteiger partial charge < -0.3 is 4.74 Å². The van der Waals surface area contributed by atoms with Gasteiger partial charge in [-0.15, -0.1) is 0 Å². The second-order valence-electron chi connectivity index (χ2n) is 4.12. The van der Waals surface area contributed by atoms with Crippen LogP contribution in [0.1, 0.15) is 21.5 Å². The molecule has 0 fully saturated rings. The Morgan fingerprint density at radius 2 is 2.00 bits per heavy atom. The molecule has 0 N–H and O–H groups in total. The van der Waals surface area contributed by atoms with Gasteiger partial charge in [-0.2, -0.15) is 0 Å². The molecule has 0 bridgehead atoms. The van der Waals surface area contributed by atoms with Crippen LogP contribution in [0.25, 0.3) is 0 Å². The number of aromatic nitrogens is 1. The van der Waals surface area contributed by atoms with Gasteiger partial charge in [0.05, 0.1) is 7.11 Å². The number of rotatable bonds is 4. The molecular formula is C15H15NO2. The van der Waals surface area contributed by atoms with Crippen molar-refractivity contribution in [2.24, 2.45) is 0 Å². The number of hydrogen-bond acceptors (Lipinski definition) is 3. The summed E-state index contributed by atoms with van der Waals surface area (Å²) >= 11 is 0. The summed E-state index contributed by atoms with van der Waals surface area (Å²) in [7, 11) is 1.57. The van der Waals surface area contributed by atoms with E-state index in [1.807, 2.05) is 37.3 Å². The molecule has 2 aromatic rings. The molecule has 0 aliphatic rings. The Labute approximate surface area is 106 Å². The molecule has 92 valence electrons. The number of benzene rings is 1. The van der Waals surface area contributed by atoms with Gasteiger partial charge in [0.1, 0.15) is 0 Å². The summed E-state index contributed by atoms with van der Waals surface area (Å²) in [6.07, 6.45) is 2.04. The second-order valence-corrected chi connectivity index (χ2v) is 4.12. The number of nitrogens with zero attached hydrogens (tertiary/aromatic N) is 1. The number of ketones is 1. The second kappa shape index (κ2) is 5.45. The number of aryl methyl sites for hydroxylation is 1. The van der Waals surface area contributed by atoms with Crippen molar-refractivity contribution >= 4 is 5.78 Å². The molecule has 1 aromatic heterocycles. The van der Waals surface area contributed by atoms with Gasteiger partial charge in [-0.05, 0) is 18.1 Å². The normalized spacial score (nSPS) is 10.1. The molecule has 0 saturated heterocycles. The van der Waals surface area contributed by atoms with Crippen LogP contribution in [0, 0.1) is 6.92 Å². The molecule has 2 rings (SSSR count). The fraction of sp³-hybridized carbons (Fsp3) is 0.200. The van der Waals surface area contributed by atoms with E-state index in [2.05, 4.69) is 4.98 Å². The maximum atomic E-state index is 12.1. The first-order chi connectivity index (χ1) is 8.70. The van der Waals surface area contributed by atoms with E-state index in [1.165, 1.54) is 0 Å². The maximum Gasteiger partial charge on any atom is 0.212 e. The molecule has 0 saturated carbocycles. The highest BCUT2D eigenvalue weighted by Crippen LogP contribution is 2.13. The Hall–Kier alpha value is -2.16. The van der Waals surface area contributed by atoms with Gasteiger partial charge in [-0.3, -0.25) is 4.79 Å². The first-order valence-corrected chi connectivity index (χ1v) is 5.78. The van der Waals surface area contributed by atoms with Crippen molar-refractivity contribution in [1.29, 1.82) is 0 Å². The lowest BCUT2D eigenvalue weighted by atomic mass is 10.0. The highest BCUT2D eigenvalue weighted by molar-refractivity contribution is 5.98. The van der Waals surface area contributed by atoms with Crippen LogP contribution in [0.3, 0.4) is 0 Å². The third kappa shape index (κ3) is 2.74. The number of methoxy groups -OCH3 is 1. The van der Waals surface area contributed by atoms with Crippen molar-refractivity contribution in [3.63, 3.8) is 0 Å². The largest absolute Gasteiger partial charge is 0.481 e. The van der Waals surface area contributed by atoms with E-state index >= 15 is 0 Å². The monoisotopic (exact) mass is 241 g/mol. The van der Waals surface area contributed by atoms with Crippen LogP contribution in [-0.4, -0.2) is 17.9 Å². The van der Waals surface area contributed by atoms with E-state index in [4.69, 9.17) is 4.74 Å². The molecular weight excluding hydrogens is 226 g/mol. The summed E-state index contributed by atoms with van der Waals surface area (Å²) < 4.78 is 4.98. The summed E-state index contributed by atoms with van der Waals surface area (Å²) in [6, 6.07) is 11.2. The molecule has 1 aromatic carbocycles. The van der Waals surface area contributed by atoms with Gasteiger partial charge in [0.2, 0.25) is 5.88 Å². The summed E-state index contributed by atoms with van der Waals surface area (Å²) in [5, 5.41) is 0.